The number of aromatic nitrogens is 3. The van der Waals surface area contributed by atoms with Gasteiger partial charge >= 0.3 is 0 Å². The molecular weight excluding hydrogens is 364 g/mol. The summed E-state index contributed by atoms with van der Waals surface area (Å²) in [6.45, 7) is 11.1. The maximum absolute atomic E-state index is 5.84. The van der Waals surface area contributed by atoms with Crippen LogP contribution in [0.5, 0.6) is 5.75 Å². The molecule has 0 amide bonds. The van der Waals surface area contributed by atoms with Gasteiger partial charge in [-0.25, -0.2) is 4.99 Å². The fourth-order valence-electron chi connectivity index (χ4n) is 2.88. The average Bonchev–Trinajstić information content (AvgIpc) is 3.12. The molecular formula is C22H30N6O. The molecule has 154 valence electrons. The van der Waals surface area contributed by atoms with Crippen molar-refractivity contribution in [3.05, 3.63) is 60.0 Å². The van der Waals surface area contributed by atoms with E-state index in [1.807, 2.05) is 47.9 Å². The van der Waals surface area contributed by atoms with Gasteiger partial charge in [0.05, 0.1) is 6.54 Å². The first-order valence-corrected chi connectivity index (χ1v) is 10.0. The Hall–Kier alpha value is -3.09. The summed E-state index contributed by atoms with van der Waals surface area (Å²) in [7, 11) is 0. The van der Waals surface area contributed by atoms with E-state index in [1.165, 1.54) is 5.56 Å². The molecule has 0 aliphatic rings. The van der Waals surface area contributed by atoms with Gasteiger partial charge in [0.25, 0.3) is 0 Å². The van der Waals surface area contributed by atoms with Crippen molar-refractivity contribution >= 4 is 11.6 Å². The molecule has 2 aromatic heterocycles. The van der Waals surface area contributed by atoms with Crippen molar-refractivity contribution in [1.29, 1.82) is 0 Å². The second-order valence-corrected chi connectivity index (χ2v) is 7.79. The third kappa shape index (κ3) is 5.70. The van der Waals surface area contributed by atoms with Crippen LogP contribution in [-0.2, 0) is 12.0 Å². The van der Waals surface area contributed by atoms with E-state index in [2.05, 4.69) is 58.7 Å². The van der Waals surface area contributed by atoms with Crippen molar-refractivity contribution in [2.45, 2.75) is 39.7 Å². The molecule has 1 aromatic carbocycles. The van der Waals surface area contributed by atoms with Crippen molar-refractivity contribution in [3.8, 4) is 5.75 Å². The highest BCUT2D eigenvalue weighted by Crippen LogP contribution is 2.24. The van der Waals surface area contributed by atoms with Gasteiger partial charge in [-0.15, -0.1) is 10.2 Å². The normalized spacial score (nSPS) is 12.2. The van der Waals surface area contributed by atoms with Crippen molar-refractivity contribution in [1.82, 2.24) is 25.2 Å². The zero-order valence-corrected chi connectivity index (χ0v) is 17.6. The van der Waals surface area contributed by atoms with E-state index >= 15 is 0 Å². The monoisotopic (exact) mass is 394 g/mol. The summed E-state index contributed by atoms with van der Waals surface area (Å²) in [5, 5.41) is 14.9. The number of aliphatic imine (C=N–C) groups is 1. The second-order valence-electron chi connectivity index (χ2n) is 7.79. The third-order valence-electron chi connectivity index (χ3n) is 4.49. The number of pyridine rings is 1. The van der Waals surface area contributed by atoms with E-state index in [9.17, 15) is 0 Å². The number of ether oxygens (including phenoxy) is 1. The predicted octanol–water partition coefficient (Wildman–Crippen LogP) is 3.16. The molecule has 29 heavy (non-hydrogen) atoms. The Kier molecular flexibility index (Phi) is 6.69. The first-order chi connectivity index (χ1) is 14.0. The zero-order chi connectivity index (χ0) is 20.7. The molecule has 2 heterocycles. The van der Waals surface area contributed by atoms with Gasteiger partial charge in [-0.2, -0.15) is 0 Å². The average molecular weight is 395 g/mol. The molecule has 3 rings (SSSR count). The molecule has 3 aromatic rings. The second kappa shape index (κ2) is 9.41. The topological polar surface area (TPSA) is 75.8 Å². The number of benzene rings is 1. The molecule has 7 heteroatoms. The Balaban J connectivity index is 1.51. The van der Waals surface area contributed by atoms with E-state index < -0.39 is 0 Å². The Bertz CT molecular complexity index is 940. The number of nitrogens with one attached hydrogen (secondary N) is 2. The largest absolute Gasteiger partial charge is 0.492 e. The lowest BCUT2D eigenvalue weighted by molar-refractivity contribution is 0.321. The van der Waals surface area contributed by atoms with Crippen LogP contribution in [0.4, 0.5) is 0 Å². The van der Waals surface area contributed by atoms with Gasteiger partial charge in [0.15, 0.2) is 17.4 Å². The van der Waals surface area contributed by atoms with E-state index in [1.54, 1.807) is 0 Å². The minimum atomic E-state index is 0.146. The van der Waals surface area contributed by atoms with Gasteiger partial charge in [0.2, 0.25) is 0 Å². The molecule has 0 aliphatic carbocycles. The number of hydrogen-bond donors (Lipinski definition) is 2. The summed E-state index contributed by atoms with van der Waals surface area (Å²) in [6, 6.07) is 14.1. The van der Waals surface area contributed by atoms with Gasteiger partial charge in [0, 0.05) is 12.7 Å². The highest BCUT2D eigenvalue weighted by Gasteiger charge is 2.12. The molecule has 2 N–H and O–H groups in total. The molecule has 0 spiro atoms. The number of guanidine groups is 1. The Morgan fingerprint density at radius 3 is 2.59 bits per heavy atom. The minimum Gasteiger partial charge on any atom is -0.492 e. The van der Waals surface area contributed by atoms with Gasteiger partial charge in [-0.1, -0.05) is 39.0 Å². The number of fused-ring (bicyclic) bond motifs is 1. The van der Waals surface area contributed by atoms with Crippen molar-refractivity contribution in [3.63, 3.8) is 0 Å². The van der Waals surface area contributed by atoms with Crippen LogP contribution < -0.4 is 15.4 Å². The first kappa shape index (κ1) is 20.6. The molecule has 0 saturated carbocycles. The summed E-state index contributed by atoms with van der Waals surface area (Å²) in [4.78, 5) is 4.60. The van der Waals surface area contributed by atoms with Crippen LogP contribution in [0.1, 0.15) is 39.1 Å². The Morgan fingerprint density at radius 1 is 1.07 bits per heavy atom. The van der Waals surface area contributed by atoms with Crippen molar-refractivity contribution < 1.29 is 4.74 Å². The molecule has 0 unspecified atom stereocenters. The maximum Gasteiger partial charge on any atom is 0.191 e. The van der Waals surface area contributed by atoms with Crippen LogP contribution in [-0.4, -0.2) is 40.3 Å². The highest BCUT2D eigenvalue weighted by molar-refractivity contribution is 5.79. The van der Waals surface area contributed by atoms with Gasteiger partial charge in [-0.05, 0) is 42.2 Å². The summed E-state index contributed by atoms with van der Waals surface area (Å²) in [5.41, 5.74) is 2.26. The van der Waals surface area contributed by atoms with Crippen LogP contribution in [0, 0.1) is 0 Å². The summed E-state index contributed by atoms with van der Waals surface area (Å²) < 4.78 is 7.78. The highest BCUT2D eigenvalue weighted by atomic mass is 16.5. The lowest BCUT2D eigenvalue weighted by atomic mass is 9.87. The quantitative estimate of drug-likeness (QED) is 0.366. The first-order valence-electron chi connectivity index (χ1n) is 10.0. The Morgan fingerprint density at radius 2 is 1.86 bits per heavy atom. The lowest BCUT2D eigenvalue weighted by Gasteiger charge is -2.19. The maximum atomic E-state index is 5.84. The van der Waals surface area contributed by atoms with Crippen molar-refractivity contribution in [2.24, 2.45) is 4.99 Å². The molecule has 0 radical (unpaired) electrons. The molecule has 0 fully saturated rings. The van der Waals surface area contributed by atoms with E-state index in [0.717, 1.165) is 29.7 Å². The summed E-state index contributed by atoms with van der Waals surface area (Å²) in [6.07, 6.45) is 1.94. The molecule has 0 bridgehead atoms. The molecule has 7 nitrogen and oxygen atoms in total. The molecule has 0 aliphatic heterocycles. The fourth-order valence-corrected chi connectivity index (χ4v) is 2.88. The Labute approximate surface area is 172 Å². The van der Waals surface area contributed by atoms with Crippen LogP contribution in [0.25, 0.3) is 5.65 Å². The lowest BCUT2D eigenvalue weighted by Crippen LogP contribution is -2.39. The zero-order valence-electron chi connectivity index (χ0n) is 17.6. The van der Waals surface area contributed by atoms with E-state index in [0.29, 0.717) is 19.7 Å². The van der Waals surface area contributed by atoms with E-state index in [4.69, 9.17) is 4.74 Å². The van der Waals surface area contributed by atoms with Crippen molar-refractivity contribution in [2.75, 3.05) is 19.7 Å². The van der Waals surface area contributed by atoms with Gasteiger partial charge < -0.3 is 15.4 Å². The van der Waals surface area contributed by atoms with Crippen LogP contribution in [0.3, 0.4) is 0 Å². The minimum absolute atomic E-state index is 0.146. The van der Waals surface area contributed by atoms with Crippen LogP contribution in [0.15, 0.2) is 53.7 Å². The standard InChI is InChI=1S/C22H30N6O/c1-5-23-21(25-16-20-27-26-19-8-6-7-14-28(19)20)24-13-15-29-18-11-9-17(10-12-18)22(2,3)4/h6-12,14H,5,13,15-16H2,1-4H3,(H2,23,24,25). The van der Waals surface area contributed by atoms with Crippen LogP contribution in [0.2, 0.25) is 0 Å². The summed E-state index contributed by atoms with van der Waals surface area (Å²) in [5.74, 6) is 2.40. The fraction of sp³-hybridized carbons (Fsp3) is 0.409. The molecule has 0 saturated heterocycles. The SMILES string of the molecule is CCNC(=NCc1nnc2ccccn12)NCCOc1ccc(C(C)(C)C)cc1. The van der Waals surface area contributed by atoms with E-state index in [-0.39, 0.29) is 5.41 Å². The summed E-state index contributed by atoms with van der Waals surface area (Å²) >= 11 is 0. The van der Waals surface area contributed by atoms with Gasteiger partial charge in [-0.3, -0.25) is 4.40 Å². The number of hydrogen-bond acceptors (Lipinski definition) is 4. The van der Waals surface area contributed by atoms with Gasteiger partial charge in [0.1, 0.15) is 18.9 Å². The number of rotatable bonds is 7. The molecule has 0 atom stereocenters. The third-order valence-corrected chi connectivity index (χ3v) is 4.49. The predicted molar refractivity (Wildman–Crippen MR) is 116 cm³/mol. The smallest absolute Gasteiger partial charge is 0.191 e. The number of nitrogens with zero attached hydrogens (tertiary/aromatic N) is 4. The van der Waals surface area contributed by atoms with Crippen LogP contribution >= 0.6 is 0 Å².